The van der Waals surface area contributed by atoms with Crippen molar-refractivity contribution >= 4 is 18.4 Å². The van der Waals surface area contributed by atoms with E-state index in [1.165, 1.54) is 0 Å². The summed E-state index contributed by atoms with van der Waals surface area (Å²) in [6, 6.07) is 0. The van der Waals surface area contributed by atoms with E-state index >= 15 is 0 Å². The third-order valence-corrected chi connectivity index (χ3v) is 0.497. The van der Waals surface area contributed by atoms with E-state index in [0.29, 0.717) is 0 Å². The highest BCUT2D eigenvalue weighted by Crippen LogP contribution is 1.80. The molecule has 5 heteroatoms. The number of halogens is 1. The Bertz CT molecular complexity index is 82.6. The summed E-state index contributed by atoms with van der Waals surface area (Å²) in [5, 5.41) is 16.1. The maximum absolute atomic E-state index is 10.0. The zero-order chi connectivity index (χ0) is 6.57. The molecule has 4 nitrogen and oxygen atoms in total. The van der Waals surface area contributed by atoms with Crippen molar-refractivity contribution < 1.29 is 19.7 Å². The molecule has 0 saturated carbocycles. The van der Waals surface area contributed by atoms with E-state index in [2.05, 4.69) is 4.74 Å². The molecule has 0 saturated heterocycles. The molecule has 0 heterocycles. The zero-order valence-corrected chi connectivity index (χ0v) is 5.72. The van der Waals surface area contributed by atoms with E-state index < -0.39 is 12.3 Å². The van der Waals surface area contributed by atoms with E-state index in [-0.39, 0.29) is 19.0 Å². The van der Waals surface area contributed by atoms with Gasteiger partial charge in [-0.05, 0) is 6.92 Å². The number of carbonyl (C=O) groups is 1. The average Bonchev–Trinajstić information content (AvgIpc) is 1.67. The number of esters is 1. The van der Waals surface area contributed by atoms with Gasteiger partial charge < -0.3 is 14.9 Å². The first-order valence-electron chi connectivity index (χ1n) is 2.21. The Hall–Kier alpha value is -0.320. The van der Waals surface area contributed by atoms with Crippen LogP contribution in [0.3, 0.4) is 0 Å². The molecule has 2 N–H and O–H groups in total. The predicted octanol–water partition coefficient (Wildman–Crippen LogP) is -0.718. The molecule has 0 aromatic carbocycles. The van der Waals surface area contributed by atoms with E-state index in [1.54, 1.807) is 6.92 Å². The number of aliphatic hydroxyl groups excluding tert-OH is 1. The Morgan fingerprint density at radius 2 is 2.11 bits per heavy atom. The number of aliphatic hydroxyl groups is 2. The molecule has 56 valence electrons. The fourth-order valence-electron chi connectivity index (χ4n) is 0.217. The quantitative estimate of drug-likeness (QED) is 0.409. The molecule has 0 fully saturated rings. The second-order valence-electron chi connectivity index (χ2n) is 1.13. The van der Waals surface area contributed by atoms with Crippen LogP contribution in [0.5, 0.6) is 0 Å². The monoisotopic (exact) mass is 156 g/mol. The summed E-state index contributed by atoms with van der Waals surface area (Å²) < 4.78 is 4.16. The molecule has 0 aliphatic carbocycles. The molecule has 9 heavy (non-hydrogen) atoms. The van der Waals surface area contributed by atoms with Gasteiger partial charge in [-0.25, -0.2) is 4.79 Å². The second kappa shape index (κ2) is 5.81. The molecule has 0 aromatic rings. The lowest BCUT2D eigenvalue weighted by atomic mass is 10.6. The third-order valence-electron chi connectivity index (χ3n) is 0.497. The normalized spacial score (nSPS) is 8.44. The van der Waals surface area contributed by atoms with Gasteiger partial charge >= 0.3 is 5.97 Å². The molecule has 0 atom stereocenters. The minimum atomic E-state index is -1.99. The highest BCUT2D eigenvalue weighted by Gasteiger charge is 2.09. The number of ether oxygens (including phenoxy) is 1. The van der Waals surface area contributed by atoms with Gasteiger partial charge in [0.1, 0.15) is 0 Å². The van der Waals surface area contributed by atoms with Gasteiger partial charge in [-0.2, -0.15) is 0 Å². The maximum atomic E-state index is 10.0. The van der Waals surface area contributed by atoms with Crippen LogP contribution in [0.4, 0.5) is 0 Å². The van der Waals surface area contributed by atoms with E-state index in [4.69, 9.17) is 10.2 Å². The van der Waals surface area contributed by atoms with Gasteiger partial charge in [0.15, 0.2) is 0 Å². The molecule has 0 aliphatic heterocycles. The molecule has 0 aliphatic rings. The van der Waals surface area contributed by atoms with Gasteiger partial charge in [0.2, 0.25) is 0 Å². The summed E-state index contributed by atoms with van der Waals surface area (Å²) in [6.07, 6.45) is -1.99. The molecule has 0 radical (unpaired) electrons. The van der Waals surface area contributed by atoms with Gasteiger partial charge in [-0.15, -0.1) is 12.4 Å². The van der Waals surface area contributed by atoms with Gasteiger partial charge in [0, 0.05) is 0 Å². The topological polar surface area (TPSA) is 66.8 Å². The lowest BCUT2D eigenvalue weighted by Gasteiger charge is -2.00. The molecule has 0 aromatic heterocycles. The number of hydrogen-bond donors (Lipinski definition) is 2. The van der Waals surface area contributed by atoms with Crippen LogP contribution in [0, 0.1) is 0 Å². The molecule has 0 unspecified atom stereocenters. The number of hydrogen-bond acceptors (Lipinski definition) is 4. The largest absolute Gasteiger partial charge is 0.462 e. The zero-order valence-electron chi connectivity index (χ0n) is 4.90. The Balaban J connectivity index is 0. The van der Waals surface area contributed by atoms with Crippen LogP contribution in [0.15, 0.2) is 0 Å². The Morgan fingerprint density at radius 3 is 2.22 bits per heavy atom. The first-order valence-corrected chi connectivity index (χ1v) is 2.21. The average molecular weight is 157 g/mol. The summed E-state index contributed by atoms with van der Waals surface area (Å²) in [5.74, 6) is -1.01. The van der Waals surface area contributed by atoms with Crippen LogP contribution in [-0.2, 0) is 9.53 Å². The van der Waals surface area contributed by atoms with Crippen molar-refractivity contribution in [3.05, 3.63) is 0 Å². The lowest BCUT2D eigenvalue weighted by Crippen LogP contribution is -2.21. The summed E-state index contributed by atoms with van der Waals surface area (Å²) >= 11 is 0. The van der Waals surface area contributed by atoms with E-state index in [1.807, 2.05) is 0 Å². The molecule has 0 amide bonds. The summed E-state index contributed by atoms with van der Waals surface area (Å²) in [7, 11) is 0. The Morgan fingerprint density at radius 1 is 1.67 bits per heavy atom. The fraction of sp³-hybridized carbons (Fsp3) is 0.750. The SMILES string of the molecule is CCOC(=O)C(O)O.Cl. The first kappa shape index (κ1) is 11.5. The Labute approximate surface area is 58.9 Å². The lowest BCUT2D eigenvalue weighted by molar-refractivity contribution is -0.172. The van der Waals surface area contributed by atoms with Crippen LogP contribution in [0.1, 0.15) is 6.92 Å². The number of rotatable bonds is 2. The van der Waals surface area contributed by atoms with Crippen LogP contribution < -0.4 is 0 Å². The van der Waals surface area contributed by atoms with Crippen molar-refractivity contribution in [1.82, 2.24) is 0 Å². The highest BCUT2D eigenvalue weighted by molar-refractivity contribution is 5.85. The predicted molar refractivity (Wildman–Crippen MR) is 32.1 cm³/mol. The van der Waals surface area contributed by atoms with Crippen molar-refractivity contribution in [2.75, 3.05) is 6.61 Å². The molecule has 0 bridgehead atoms. The third kappa shape index (κ3) is 5.55. The van der Waals surface area contributed by atoms with Gasteiger partial charge in [-0.1, -0.05) is 0 Å². The Kier molecular flexibility index (Phi) is 7.41. The standard InChI is InChI=1S/C4H8O4.ClH/c1-2-8-4(7)3(5)6;/h3,5-6H,2H2,1H3;1H. The van der Waals surface area contributed by atoms with Crippen LogP contribution >= 0.6 is 12.4 Å². The molecule has 0 rings (SSSR count). The second-order valence-corrected chi connectivity index (χ2v) is 1.13. The summed E-state index contributed by atoms with van der Waals surface area (Å²) in [5.41, 5.74) is 0. The smallest absolute Gasteiger partial charge is 0.363 e. The fourth-order valence-corrected chi connectivity index (χ4v) is 0.217. The van der Waals surface area contributed by atoms with Crippen molar-refractivity contribution in [2.45, 2.75) is 13.2 Å². The number of carbonyl (C=O) groups excluding carboxylic acids is 1. The molecule has 0 spiro atoms. The van der Waals surface area contributed by atoms with Gasteiger partial charge in [0.25, 0.3) is 6.29 Å². The van der Waals surface area contributed by atoms with E-state index in [0.717, 1.165) is 0 Å². The summed E-state index contributed by atoms with van der Waals surface area (Å²) in [4.78, 5) is 10.0. The van der Waals surface area contributed by atoms with Crippen LogP contribution in [0.2, 0.25) is 0 Å². The molecular formula is C4H9ClO4. The first-order chi connectivity index (χ1) is 3.68. The molecular weight excluding hydrogens is 147 g/mol. The van der Waals surface area contributed by atoms with Crippen LogP contribution in [0.25, 0.3) is 0 Å². The van der Waals surface area contributed by atoms with Gasteiger partial charge in [0.05, 0.1) is 6.61 Å². The van der Waals surface area contributed by atoms with Crippen molar-refractivity contribution in [1.29, 1.82) is 0 Å². The highest BCUT2D eigenvalue weighted by atomic mass is 35.5. The van der Waals surface area contributed by atoms with Crippen LogP contribution in [-0.4, -0.2) is 29.1 Å². The van der Waals surface area contributed by atoms with Crippen molar-refractivity contribution in [3.63, 3.8) is 0 Å². The van der Waals surface area contributed by atoms with Crippen molar-refractivity contribution in [2.24, 2.45) is 0 Å². The summed E-state index contributed by atoms with van der Waals surface area (Å²) in [6.45, 7) is 1.75. The van der Waals surface area contributed by atoms with Crippen molar-refractivity contribution in [3.8, 4) is 0 Å². The van der Waals surface area contributed by atoms with Gasteiger partial charge in [-0.3, -0.25) is 0 Å². The minimum Gasteiger partial charge on any atom is -0.462 e. The maximum Gasteiger partial charge on any atom is 0.363 e. The van der Waals surface area contributed by atoms with E-state index in [9.17, 15) is 4.79 Å². The minimum absolute atomic E-state index is 0.